The molecule has 20 heavy (non-hydrogen) atoms. The van der Waals surface area contributed by atoms with Crippen LogP contribution in [0.25, 0.3) is 0 Å². The van der Waals surface area contributed by atoms with Crippen molar-refractivity contribution in [2.75, 3.05) is 6.61 Å². The minimum Gasteiger partial charge on any atom is -0.493 e. The van der Waals surface area contributed by atoms with Gasteiger partial charge in [-0.1, -0.05) is 30.3 Å². The van der Waals surface area contributed by atoms with Crippen LogP contribution in [0.2, 0.25) is 0 Å². The van der Waals surface area contributed by atoms with Gasteiger partial charge in [-0.15, -0.1) is 0 Å². The van der Waals surface area contributed by atoms with E-state index in [0.29, 0.717) is 22.4 Å². The number of para-hydroxylation sites is 1. The van der Waals surface area contributed by atoms with Crippen LogP contribution in [0.1, 0.15) is 29.2 Å². The molecule has 0 saturated heterocycles. The number of benzene rings is 2. The Morgan fingerprint density at radius 3 is 2.75 bits per heavy atom. The molecule has 2 aromatic carbocycles. The van der Waals surface area contributed by atoms with Gasteiger partial charge in [0.1, 0.15) is 17.7 Å². The summed E-state index contributed by atoms with van der Waals surface area (Å²) in [6.45, 7) is 0.637. The van der Waals surface area contributed by atoms with Crippen molar-refractivity contribution in [1.29, 1.82) is 0 Å². The molecule has 2 nitrogen and oxygen atoms in total. The van der Waals surface area contributed by atoms with Crippen LogP contribution in [0, 0.1) is 5.82 Å². The first-order valence-corrected chi connectivity index (χ1v) is 7.34. The van der Waals surface area contributed by atoms with Gasteiger partial charge < -0.3 is 9.84 Å². The Bertz CT molecular complexity index is 642. The number of ether oxygens (including phenoxy) is 1. The van der Waals surface area contributed by atoms with Gasteiger partial charge in [-0.05, 0) is 40.4 Å². The maximum atomic E-state index is 14.1. The highest BCUT2D eigenvalue weighted by molar-refractivity contribution is 9.10. The first kappa shape index (κ1) is 13.6. The topological polar surface area (TPSA) is 29.5 Å². The lowest BCUT2D eigenvalue weighted by Crippen LogP contribution is -2.13. The molecule has 4 heteroatoms. The molecule has 0 bridgehead atoms. The SMILES string of the molecule is OC(c1cccc(Br)c1F)c1cccc2c1OCCC2. The third kappa shape index (κ3) is 2.34. The van der Waals surface area contributed by atoms with Crippen molar-refractivity contribution in [3.8, 4) is 5.75 Å². The van der Waals surface area contributed by atoms with Gasteiger partial charge in [0, 0.05) is 11.1 Å². The highest BCUT2D eigenvalue weighted by Gasteiger charge is 2.23. The number of halogens is 2. The maximum Gasteiger partial charge on any atom is 0.143 e. The molecule has 0 aliphatic carbocycles. The standard InChI is InChI=1S/C16H14BrFO2/c17-13-8-2-6-11(14(13)18)15(19)12-7-1-4-10-5-3-9-20-16(10)12/h1-2,4,6-8,15,19H,3,5,9H2. The summed E-state index contributed by atoms with van der Waals surface area (Å²) in [5.74, 6) is 0.263. The molecule has 0 radical (unpaired) electrons. The van der Waals surface area contributed by atoms with Crippen molar-refractivity contribution < 1.29 is 14.2 Å². The lowest BCUT2D eigenvalue weighted by molar-refractivity contribution is 0.202. The Hall–Kier alpha value is -1.39. The van der Waals surface area contributed by atoms with E-state index in [4.69, 9.17) is 4.74 Å². The Kier molecular flexibility index (Phi) is 3.76. The zero-order valence-electron chi connectivity index (χ0n) is 10.8. The number of aryl methyl sites for hydroxylation is 1. The highest BCUT2D eigenvalue weighted by Crippen LogP contribution is 2.37. The van der Waals surface area contributed by atoms with E-state index in [1.54, 1.807) is 24.3 Å². The molecule has 104 valence electrons. The van der Waals surface area contributed by atoms with E-state index in [9.17, 15) is 9.50 Å². The molecule has 0 saturated carbocycles. The van der Waals surface area contributed by atoms with Crippen molar-refractivity contribution in [1.82, 2.24) is 0 Å². The number of aliphatic hydroxyl groups is 1. The van der Waals surface area contributed by atoms with E-state index >= 15 is 0 Å². The zero-order chi connectivity index (χ0) is 14.1. The first-order valence-electron chi connectivity index (χ1n) is 6.55. The predicted molar refractivity (Wildman–Crippen MR) is 78.4 cm³/mol. The van der Waals surface area contributed by atoms with Crippen LogP contribution in [0.3, 0.4) is 0 Å². The van der Waals surface area contributed by atoms with Crippen molar-refractivity contribution in [2.24, 2.45) is 0 Å². The summed E-state index contributed by atoms with van der Waals surface area (Å²) in [6.07, 6.45) is 0.870. The van der Waals surface area contributed by atoms with Crippen molar-refractivity contribution in [3.63, 3.8) is 0 Å². The number of rotatable bonds is 2. The van der Waals surface area contributed by atoms with E-state index in [1.165, 1.54) is 0 Å². The fourth-order valence-corrected chi connectivity index (χ4v) is 2.91. The summed E-state index contributed by atoms with van der Waals surface area (Å²) in [4.78, 5) is 0. The molecule has 1 N–H and O–H groups in total. The molecule has 0 aromatic heterocycles. The molecule has 2 aromatic rings. The fourth-order valence-electron chi connectivity index (χ4n) is 2.53. The van der Waals surface area contributed by atoms with Gasteiger partial charge in [-0.3, -0.25) is 0 Å². The van der Waals surface area contributed by atoms with E-state index in [-0.39, 0.29) is 5.56 Å². The van der Waals surface area contributed by atoms with Crippen molar-refractivity contribution >= 4 is 15.9 Å². The molecule has 0 fully saturated rings. The average Bonchev–Trinajstić information content (AvgIpc) is 2.49. The molecular weight excluding hydrogens is 323 g/mol. The minimum atomic E-state index is -1.03. The fraction of sp³-hybridized carbons (Fsp3) is 0.250. The summed E-state index contributed by atoms with van der Waals surface area (Å²) < 4.78 is 20.1. The normalized spacial score (nSPS) is 15.3. The van der Waals surface area contributed by atoms with E-state index in [2.05, 4.69) is 15.9 Å². The van der Waals surface area contributed by atoms with Crippen LogP contribution in [-0.2, 0) is 6.42 Å². The quantitative estimate of drug-likeness (QED) is 0.898. The van der Waals surface area contributed by atoms with E-state index in [0.717, 1.165) is 18.4 Å². The van der Waals surface area contributed by atoms with Gasteiger partial charge in [-0.25, -0.2) is 4.39 Å². The molecule has 1 heterocycles. The second kappa shape index (κ2) is 5.54. The molecule has 0 spiro atoms. The third-order valence-electron chi connectivity index (χ3n) is 3.53. The molecule has 1 atom stereocenters. The van der Waals surface area contributed by atoms with Crippen LogP contribution >= 0.6 is 15.9 Å². The first-order chi connectivity index (χ1) is 9.68. The van der Waals surface area contributed by atoms with Crippen LogP contribution in [0.5, 0.6) is 5.75 Å². The number of hydrogen-bond acceptors (Lipinski definition) is 2. The smallest absolute Gasteiger partial charge is 0.143 e. The van der Waals surface area contributed by atoms with Gasteiger partial charge in [0.05, 0.1) is 11.1 Å². The average molecular weight is 337 g/mol. The van der Waals surface area contributed by atoms with Gasteiger partial charge >= 0.3 is 0 Å². The van der Waals surface area contributed by atoms with Crippen molar-refractivity contribution in [3.05, 3.63) is 63.4 Å². The number of fused-ring (bicyclic) bond motifs is 1. The molecule has 3 rings (SSSR count). The molecule has 1 aliphatic heterocycles. The van der Waals surface area contributed by atoms with Crippen LogP contribution in [0.4, 0.5) is 4.39 Å². The number of hydrogen-bond donors (Lipinski definition) is 1. The van der Waals surface area contributed by atoms with Gasteiger partial charge in [-0.2, -0.15) is 0 Å². The predicted octanol–water partition coefficient (Wildman–Crippen LogP) is 3.99. The Morgan fingerprint density at radius 1 is 1.15 bits per heavy atom. The molecule has 1 aliphatic rings. The lowest BCUT2D eigenvalue weighted by atomic mass is 9.95. The van der Waals surface area contributed by atoms with Crippen molar-refractivity contribution in [2.45, 2.75) is 18.9 Å². The minimum absolute atomic E-state index is 0.252. The molecule has 0 amide bonds. The summed E-state index contributed by atoms with van der Waals surface area (Å²) in [7, 11) is 0. The monoisotopic (exact) mass is 336 g/mol. The molecular formula is C16H14BrFO2. The van der Waals surface area contributed by atoms with E-state index in [1.807, 2.05) is 12.1 Å². The number of aliphatic hydroxyl groups excluding tert-OH is 1. The van der Waals surface area contributed by atoms with Gasteiger partial charge in [0.25, 0.3) is 0 Å². The second-order valence-corrected chi connectivity index (χ2v) is 5.69. The largest absolute Gasteiger partial charge is 0.493 e. The van der Waals surface area contributed by atoms with Crippen LogP contribution < -0.4 is 4.74 Å². The Balaban J connectivity index is 2.07. The highest BCUT2D eigenvalue weighted by atomic mass is 79.9. The summed E-state index contributed by atoms with van der Waals surface area (Å²) in [6, 6.07) is 10.6. The molecule has 1 unspecified atom stereocenters. The Labute approximate surface area is 125 Å². The summed E-state index contributed by atoms with van der Waals surface area (Å²) in [5, 5.41) is 10.5. The Morgan fingerprint density at radius 2 is 1.90 bits per heavy atom. The van der Waals surface area contributed by atoms with Gasteiger partial charge in [0.15, 0.2) is 0 Å². The summed E-state index contributed by atoms with van der Waals surface area (Å²) in [5.41, 5.74) is 1.95. The van der Waals surface area contributed by atoms with E-state index < -0.39 is 11.9 Å². The maximum absolute atomic E-state index is 14.1. The van der Waals surface area contributed by atoms with Gasteiger partial charge in [0.2, 0.25) is 0 Å². The van der Waals surface area contributed by atoms with Crippen LogP contribution in [0.15, 0.2) is 40.9 Å². The zero-order valence-corrected chi connectivity index (χ0v) is 12.4. The summed E-state index contributed by atoms with van der Waals surface area (Å²) >= 11 is 3.14. The second-order valence-electron chi connectivity index (χ2n) is 4.83. The third-order valence-corrected chi connectivity index (χ3v) is 4.15. The lowest BCUT2D eigenvalue weighted by Gasteiger charge is -2.23. The van der Waals surface area contributed by atoms with Crippen LogP contribution in [-0.4, -0.2) is 11.7 Å².